The van der Waals surface area contributed by atoms with Gasteiger partial charge in [0.15, 0.2) is 5.16 Å². The Morgan fingerprint density at radius 3 is 2.05 bits per heavy atom. The molecule has 0 atom stereocenters. The SMILES string of the molecule is CC(C)c1nc2c3cnncc3c3cc(-c4ccc5c(c4)c4nccnc4c4nc(S)[nH]c54)ccc3c2[nH]1. The van der Waals surface area contributed by atoms with Gasteiger partial charge in [-0.1, -0.05) is 38.1 Å². The van der Waals surface area contributed by atoms with Crippen molar-refractivity contribution in [2.45, 2.75) is 24.9 Å². The molecule has 2 N–H and O–H groups in total. The number of aromatic nitrogens is 8. The second-order valence-corrected chi connectivity index (χ2v) is 10.3. The van der Waals surface area contributed by atoms with Gasteiger partial charge in [0, 0.05) is 45.2 Å². The van der Waals surface area contributed by atoms with E-state index in [2.05, 4.69) is 98.0 Å². The van der Waals surface area contributed by atoms with Crippen LogP contribution < -0.4 is 0 Å². The number of rotatable bonds is 2. The summed E-state index contributed by atoms with van der Waals surface area (Å²) in [5.74, 6) is 1.25. The van der Waals surface area contributed by atoms with Crippen LogP contribution in [0.15, 0.2) is 66.3 Å². The van der Waals surface area contributed by atoms with Gasteiger partial charge in [-0.3, -0.25) is 9.97 Å². The van der Waals surface area contributed by atoms with Crippen LogP contribution in [0.5, 0.6) is 0 Å². The molecule has 0 unspecified atom stereocenters. The second-order valence-electron chi connectivity index (χ2n) is 9.88. The third-order valence-corrected chi connectivity index (χ3v) is 7.54. The number of imidazole rings is 2. The lowest BCUT2D eigenvalue weighted by Gasteiger charge is -2.10. The first-order valence-electron chi connectivity index (χ1n) is 12.4. The van der Waals surface area contributed by atoms with E-state index in [1.807, 2.05) is 6.20 Å². The van der Waals surface area contributed by atoms with Gasteiger partial charge in [-0.25, -0.2) is 9.97 Å². The molecule has 38 heavy (non-hydrogen) atoms. The van der Waals surface area contributed by atoms with E-state index in [4.69, 9.17) is 4.98 Å². The monoisotopic (exact) mass is 512 g/mol. The molecule has 0 fully saturated rings. The molecule has 9 heteroatoms. The molecule has 0 amide bonds. The Morgan fingerprint density at radius 1 is 0.632 bits per heavy atom. The number of H-pyrrole nitrogens is 2. The van der Waals surface area contributed by atoms with Crippen LogP contribution in [0.3, 0.4) is 0 Å². The van der Waals surface area contributed by atoms with Crippen molar-refractivity contribution in [2.75, 3.05) is 0 Å². The Balaban J connectivity index is 1.42. The van der Waals surface area contributed by atoms with E-state index in [0.717, 1.165) is 82.4 Å². The molecule has 0 spiro atoms. The summed E-state index contributed by atoms with van der Waals surface area (Å²) in [6.07, 6.45) is 7.06. The fraction of sp³-hybridized carbons (Fsp3) is 0.103. The maximum Gasteiger partial charge on any atom is 0.163 e. The summed E-state index contributed by atoms with van der Waals surface area (Å²) in [7, 11) is 0. The predicted molar refractivity (Wildman–Crippen MR) is 154 cm³/mol. The minimum Gasteiger partial charge on any atom is -0.341 e. The number of hydrogen-bond donors (Lipinski definition) is 3. The van der Waals surface area contributed by atoms with E-state index < -0.39 is 0 Å². The molecule has 4 aromatic heterocycles. The van der Waals surface area contributed by atoms with Crippen molar-refractivity contribution < 1.29 is 0 Å². The zero-order chi connectivity index (χ0) is 25.5. The average molecular weight is 513 g/mol. The summed E-state index contributed by atoms with van der Waals surface area (Å²) < 4.78 is 0. The molecule has 8 rings (SSSR count). The first-order valence-corrected chi connectivity index (χ1v) is 12.8. The third-order valence-electron chi connectivity index (χ3n) is 7.32. The van der Waals surface area contributed by atoms with E-state index in [0.29, 0.717) is 5.16 Å². The van der Waals surface area contributed by atoms with E-state index in [1.54, 1.807) is 18.6 Å². The van der Waals surface area contributed by atoms with Gasteiger partial charge in [-0.2, -0.15) is 10.2 Å². The standard InChI is InChI=1S/C29H20N8S/c1-13(2)28-34-23-16-5-3-14(9-18(16)20-11-32-33-12-21(20)25(23)35-28)15-4-6-17-19(10-15)22-26(31-8-7-30-22)27-24(17)36-29(38)37-27/h3-13H,1-2H3,(H,34,35)(H2,36,37,38). The summed E-state index contributed by atoms with van der Waals surface area (Å²) >= 11 is 4.44. The first kappa shape index (κ1) is 21.5. The molecule has 8 aromatic rings. The predicted octanol–water partition coefficient (Wildman–Crippen LogP) is 6.71. The lowest BCUT2D eigenvalue weighted by atomic mass is 9.95. The van der Waals surface area contributed by atoms with Gasteiger partial charge in [-0.05, 0) is 28.6 Å². The third kappa shape index (κ3) is 2.93. The molecule has 0 saturated heterocycles. The van der Waals surface area contributed by atoms with Crippen molar-refractivity contribution in [2.24, 2.45) is 0 Å². The Bertz CT molecular complexity index is 2250. The molecular formula is C29H20N8S. The number of fused-ring (bicyclic) bond motifs is 12. The minimum atomic E-state index is 0.289. The molecule has 0 saturated carbocycles. The van der Waals surface area contributed by atoms with Crippen molar-refractivity contribution >= 4 is 78.0 Å². The van der Waals surface area contributed by atoms with Crippen molar-refractivity contribution in [1.82, 2.24) is 40.1 Å². The summed E-state index contributed by atoms with van der Waals surface area (Å²) in [5.41, 5.74) is 7.40. The lowest BCUT2D eigenvalue weighted by Crippen LogP contribution is -1.89. The summed E-state index contributed by atoms with van der Waals surface area (Å²) in [4.78, 5) is 25.6. The molecule has 0 aliphatic rings. The van der Waals surface area contributed by atoms with E-state index >= 15 is 0 Å². The average Bonchev–Trinajstić information content (AvgIpc) is 3.58. The second kappa shape index (κ2) is 7.69. The highest BCUT2D eigenvalue weighted by Crippen LogP contribution is 2.38. The Kier molecular flexibility index (Phi) is 4.34. The van der Waals surface area contributed by atoms with Crippen LogP contribution in [-0.2, 0) is 0 Å². The van der Waals surface area contributed by atoms with Crippen LogP contribution in [-0.4, -0.2) is 40.1 Å². The van der Waals surface area contributed by atoms with E-state index in [9.17, 15) is 0 Å². The van der Waals surface area contributed by atoms with Gasteiger partial charge < -0.3 is 9.97 Å². The number of thiol groups is 1. The number of hydrogen-bond acceptors (Lipinski definition) is 7. The van der Waals surface area contributed by atoms with E-state index in [1.165, 1.54) is 0 Å². The molecule has 0 aliphatic carbocycles. The zero-order valence-electron chi connectivity index (χ0n) is 20.5. The number of nitrogens with one attached hydrogen (secondary N) is 2. The summed E-state index contributed by atoms with van der Waals surface area (Å²) in [6.45, 7) is 4.28. The smallest absolute Gasteiger partial charge is 0.163 e. The molecule has 0 bridgehead atoms. The van der Waals surface area contributed by atoms with Crippen LogP contribution >= 0.6 is 12.6 Å². The van der Waals surface area contributed by atoms with Crippen LogP contribution in [0.2, 0.25) is 0 Å². The van der Waals surface area contributed by atoms with Gasteiger partial charge in [0.05, 0.1) is 34.5 Å². The summed E-state index contributed by atoms with van der Waals surface area (Å²) in [5, 5.41) is 15.2. The molecular weight excluding hydrogens is 492 g/mol. The topological polar surface area (TPSA) is 109 Å². The maximum absolute atomic E-state index is 4.91. The summed E-state index contributed by atoms with van der Waals surface area (Å²) in [6, 6.07) is 13.0. The highest BCUT2D eigenvalue weighted by Gasteiger charge is 2.17. The van der Waals surface area contributed by atoms with Crippen molar-refractivity contribution in [3.05, 3.63) is 67.0 Å². The zero-order valence-corrected chi connectivity index (χ0v) is 21.4. The van der Waals surface area contributed by atoms with Crippen molar-refractivity contribution in [1.29, 1.82) is 0 Å². The number of nitrogens with zero attached hydrogens (tertiary/aromatic N) is 6. The van der Waals surface area contributed by atoms with E-state index in [-0.39, 0.29) is 5.92 Å². The Labute approximate surface area is 221 Å². The van der Waals surface area contributed by atoms with Gasteiger partial charge in [0.2, 0.25) is 0 Å². The normalized spacial score (nSPS) is 12.3. The van der Waals surface area contributed by atoms with Crippen LogP contribution in [0.25, 0.3) is 76.5 Å². The van der Waals surface area contributed by atoms with Gasteiger partial charge in [-0.15, -0.1) is 12.6 Å². The highest BCUT2D eigenvalue weighted by atomic mass is 32.1. The molecule has 4 heterocycles. The van der Waals surface area contributed by atoms with Crippen molar-refractivity contribution in [3.8, 4) is 11.1 Å². The van der Waals surface area contributed by atoms with Gasteiger partial charge in [0.25, 0.3) is 0 Å². The molecule has 4 aromatic carbocycles. The molecule has 0 radical (unpaired) electrons. The van der Waals surface area contributed by atoms with Crippen LogP contribution in [0, 0.1) is 0 Å². The highest BCUT2D eigenvalue weighted by molar-refractivity contribution is 7.80. The fourth-order valence-corrected chi connectivity index (χ4v) is 5.73. The first-order chi connectivity index (χ1) is 18.6. The maximum atomic E-state index is 4.91. The quantitative estimate of drug-likeness (QED) is 0.175. The number of aromatic amines is 2. The van der Waals surface area contributed by atoms with Gasteiger partial charge >= 0.3 is 0 Å². The van der Waals surface area contributed by atoms with Crippen LogP contribution in [0.4, 0.5) is 0 Å². The molecule has 0 aliphatic heterocycles. The van der Waals surface area contributed by atoms with Crippen LogP contribution in [0.1, 0.15) is 25.6 Å². The molecule has 182 valence electrons. The number of benzene rings is 4. The Morgan fingerprint density at radius 2 is 1.29 bits per heavy atom. The Hall–Kier alpha value is -4.63. The molecule has 8 nitrogen and oxygen atoms in total. The minimum absolute atomic E-state index is 0.289. The fourth-order valence-electron chi connectivity index (χ4n) is 5.52. The lowest BCUT2D eigenvalue weighted by molar-refractivity contribution is 0.799. The largest absolute Gasteiger partial charge is 0.341 e. The van der Waals surface area contributed by atoms with Gasteiger partial charge in [0.1, 0.15) is 16.9 Å². The van der Waals surface area contributed by atoms with Crippen molar-refractivity contribution in [3.63, 3.8) is 0 Å².